The van der Waals surface area contributed by atoms with Crippen molar-refractivity contribution < 1.29 is 4.79 Å². The Morgan fingerprint density at radius 3 is 2.72 bits per heavy atom. The third kappa shape index (κ3) is 3.50. The molecule has 25 heavy (non-hydrogen) atoms. The van der Waals surface area contributed by atoms with Crippen LogP contribution in [0.25, 0.3) is 10.9 Å². The first-order valence-electron chi connectivity index (χ1n) is 7.99. The summed E-state index contributed by atoms with van der Waals surface area (Å²) in [6.45, 7) is 2.06. The number of aromatic nitrogens is 3. The van der Waals surface area contributed by atoms with E-state index in [2.05, 4.69) is 22.3 Å². The van der Waals surface area contributed by atoms with E-state index in [0.717, 1.165) is 28.5 Å². The number of hydrogen-bond donors (Lipinski definition) is 2. The predicted octanol–water partition coefficient (Wildman–Crippen LogP) is 1.83. The summed E-state index contributed by atoms with van der Waals surface area (Å²) in [4.78, 5) is 38.2. The van der Waals surface area contributed by atoms with Crippen LogP contribution in [0.2, 0.25) is 0 Å². The minimum Gasteiger partial charge on any atom is -0.322 e. The van der Waals surface area contributed by atoms with E-state index < -0.39 is 5.91 Å². The fourth-order valence-corrected chi connectivity index (χ4v) is 2.70. The normalized spacial score (nSPS) is 10.8. The largest absolute Gasteiger partial charge is 0.322 e. The molecule has 128 valence electrons. The number of nitrogens with one attached hydrogen (secondary N) is 2. The quantitative estimate of drug-likeness (QED) is 0.758. The number of carbonyl (C=O) groups is 1. The summed E-state index contributed by atoms with van der Waals surface area (Å²) in [6.07, 6.45) is 1.75. The van der Waals surface area contributed by atoms with E-state index in [4.69, 9.17) is 0 Å². The first kappa shape index (κ1) is 16.6. The summed E-state index contributed by atoms with van der Waals surface area (Å²) in [7, 11) is 1.48. The number of hydrogen-bond acceptors (Lipinski definition) is 4. The van der Waals surface area contributed by atoms with E-state index in [1.807, 2.05) is 6.07 Å². The first-order valence-corrected chi connectivity index (χ1v) is 7.99. The van der Waals surface area contributed by atoms with Crippen LogP contribution in [0.3, 0.4) is 0 Å². The van der Waals surface area contributed by atoms with Crippen molar-refractivity contribution in [3.05, 3.63) is 68.4 Å². The number of carbonyl (C=O) groups excluding carboxylic acids is 1. The van der Waals surface area contributed by atoms with E-state index in [0.29, 0.717) is 11.2 Å². The van der Waals surface area contributed by atoms with Crippen LogP contribution in [0.15, 0.2) is 46.0 Å². The highest BCUT2D eigenvalue weighted by Gasteiger charge is 2.10. The first-order chi connectivity index (χ1) is 12.0. The third-order valence-electron chi connectivity index (χ3n) is 3.90. The molecule has 0 fully saturated rings. The van der Waals surface area contributed by atoms with Crippen LogP contribution >= 0.6 is 0 Å². The third-order valence-corrected chi connectivity index (χ3v) is 3.90. The highest BCUT2D eigenvalue weighted by molar-refractivity contribution is 6.03. The van der Waals surface area contributed by atoms with Crippen molar-refractivity contribution in [2.75, 3.05) is 5.32 Å². The number of aryl methyl sites for hydroxylation is 2. The number of benzene rings is 1. The Bertz CT molecular complexity index is 1070. The lowest BCUT2D eigenvalue weighted by molar-refractivity contribution is 0.102. The van der Waals surface area contributed by atoms with E-state index in [1.165, 1.54) is 19.2 Å². The number of fused-ring (bicyclic) bond motifs is 1. The number of pyridine rings is 1. The van der Waals surface area contributed by atoms with Gasteiger partial charge < -0.3 is 10.3 Å². The lowest BCUT2D eigenvalue weighted by atomic mass is 10.0. The van der Waals surface area contributed by atoms with Crippen molar-refractivity contribution >= 4 is 22.5 Å². The maximum atomic E-state index is 12.3. The van der Waals surface area contributed by atoms with E-state index >= 15 is 0 Å². The van der Waals surface area contributed by atoms with Gasteiger partial charge in [0, 0.05) is 30.3 Å². The van der Waals surface area contributed by atoms with Crippen LogP contribution in [0.1, 0.15) is 29.4 Å². The van der Waals surface area contributed by atoms with Crippen LogP contribution < -0.4 is 16.4 Å². The van der Waals surface area contributed by atoms with Crippen LogP contribution in [-0.2, 0) is 13.5 Å². The lowest BCUT2D eigenvalue weighted by Crippen LogP contribution is -2.23. The minimum atomic E-state index is -0.429. The maximum absolute atomic E-state index is 12.3. The Kier molecular flexibility index (Phi) is 4.47. The van der Waals surface area contributed by atoms with Gasteiger partial charge in [-0.15, -0.1) is 0 Å². The number of H-pyrrole nitrogens is 1. The molecule has 3 aromatic rings. The average Bonchev–Trinajstić information content (AvgIpc) is 2.57. The van der Waals surface area contributed by atoms with Crippen molar-refractivity contribution in [2.45, 2.75) is 19.8 Å². The molecular weight excluding hydrogens is 320 g/mol. The summed E-state index contributed by atoms with van der Waals surface area (Å²) in [6, 6.07) is 9.64. The fraction of sp³-hybridized carbons (Fsp3) is 0.222. The molecular formula is C18H18N4O3. The molecule has 0 aliphatic rings. The molecule has 7 nitrogen and oxygen atoms in total. The summed E-state index contributed by atoms with van der Waals surface area (Å²) < 4.78 is 1.10. The molecule has 0 bridgehead atoms. The molecule has 0 radical (unpaired) electrons. The van der Waals surface area contributed by atoms with Crippen LogP contribution in [0.4, 0.5) is 5.69 Å². The van der Waals surface area contributed by atoms with Crippen LogP contribution in [-0.4, -0.2) is 20.7 Å². The number of aromatic amines is 1. The van der Waals surface area contributed by atoms with Gasteiger partial charge in [-0.2, -0.15) is 5.10 Å². The number of nitrogens with zero attached hydrogens (tertiary/aromatic N) is 2. The molecule has 0 spiro atoms. The predicted molar refractivity (Wildman–Crippen MR) is 96.0 cm³/mol. The van der Waals surface area contributed by atoms with Crippen LogP contribution in [0, 0.1) is 0 Å². The van der Waals surface area contributed by atoms with Crippen LogP contribution in [0.5, 0.6) is 0 Å². The summed E-state index contributed by atoms with van der Waals surface area (Å²) in [5, 5.41) is 7.61. The van der Waals surface area contributed by atoms with Gasteiger partial charge >= 0.3 is 0 Å². The van der Waals surface area contributed by atoms with Gasteiger partial charge in [0.05, 0.1) is 5.52 Å². The van der Waals surface area contributed by atoms with Crippen molar-refractivity contribution in [1.29, 1.82) is 0 Å². The number of rotatable bonds is 4. The molecule has 7 heteroatoms. The summed E-state index contributed by atoms with van der Waals surface area (Å²) in [5.41, 5.74) is 1.87. The van der Waals surface area contributed by atoms with Crippen molar-refractivity contribution in [3.63, 3.8) is 0 Å². The monoisotopic (exact) mass is 338 g/mol. The maximum Gasteiger partial charge on any atom is 0.276 e. The molecule has 0 unspecified atom stereocenters. The number of amides is 1. The van der Waals surface area contributed by atoms with Gasteiger partial charge in [-0.3, -0.25) is 14.4 Å². The van der Waals surface area contributed by atoms with E-state index in [-0.39, 0.29) is 16.8 Å². The minimum absolute atomic E-state index is 0.135. The van der Waals surface area contributed by atoms with Crippen molar-refractivity contribution in [1.82, 2.24) is 14.8 Å². The molecule has 2 N–H and O–H groups in total. The van der Waals surface area contributed by atoms with Crippen molar-refractivity contribution in [2.24, 2.45) is 7.05 Å². The molecule has 3 rings (SSSR count). The Labute approximate surface area is 143 Å². The molecule has 1 amide bonds. The lowest BCUT2D eigenvalue weighted by Gasteiger charge is -2.09. The zero-order valence-corrected chi connectivity index (χ0v) is 14.0. The van der Waals surface area contributed by atoms with Gasteiger partial charge in [-0.25, -0.2) is 4.68 Å². The van der Waals surface area contributed by atoms with Gasteiger partial charge in [0.15, 0.2) is 0 Å². The standard InChI is InChI=1S/C18H18N4O3/c1-3-4-11-9-16(23)20-15-10-12(5-6-13(11)15)19-18(25)14-7-8-17(24)22(2)21-14/h5-10H,3-4H2,1-2H3,(H,19,25)(H,20,23). The smallest absolute Gasteiger partial charge is 0.276 e. The molecule has 2 aromatic heterocycles. The van der Waals surface area contributed by atoms with Gasteiger partial charge in [0.25, 0.3) is 11.5 Å². The zero-order valence-electron chi connectivity index (χ0n) is 14.0. The van der Waals surface area contributed by atoms with Gasteiger partial charge in [-0.1, -0.05) is 19.4 Å². The second-order valence-electron chi connectivity index (χ2n) is 5.80. The molecule has 0 aliphatic heterocycles. The van der Waals surface area contributed by atoms with E-state index in [1.54, 1.807) is 18.2 Å². The molecule has 0 aliphatic carbocycles. The van der Waals surface area contributed by atoms with Gasteiger partial charge in [0.1, 0.15) is 5.69 Å². The topological polar surface area (TPSA) is 96.9 Å². The second kappa shape index (κ2) is 6.72. The Balaban J connectivity index is 1.93. The summed E-state index contributed by atoms with van der Waals surface area (Å²) in [5.74, 6) is -0.429. The molecule has 1 aromatic carbocycles. The Hall–Kier alpha value is -3.22. The molecule has 0 atom stereocenters. The fourth-order valence-electron chi connectivity index (χ4n) is 2.70. The highest BCUT2D eigenvalue weighted by atomic mass is 16.2. The number of anilines is 1. The molecule has 0 saturated heterocycles. The molecule has 0 saturated carbocycles. The zero-order chi connectivity index (χ0) is 18.0. The SMILES string of the molecule is CCCc1cc(=O)[nH]c2cc(NC(=O)c3ccc(=O)n(C)n3)ccc12. The molecule has 2 heterocycles. The Morgan fingerprint density at radius 1 is 1.20 bits per heavy atom. The van der Waals surface area contributed by atoms with E-state index in [9.17, 15) is 14.4 Å². The highest BCUT2D eigenvalue weighted by Crippen LogP contribution is 2.21. The van der Waals surface area contributed by atoms with Gasteiger partial charge in [-0.05, 0) is 30.2 Å². The Morgan fingerprint density at radius 2 is 2.00 bits per heavy atom. The van der Waals surface area contributed by atoms with Gasteiger partial charge in [0.2, 0.25) is 5.56 Å². The second-order valence-corrected chi connectivity index (χ2v) is 5.80. The summed E-state index contributed by atoms with van der Waals surface area (Å²) >= 11 is 0. The average molecular weight is 338 g/mol. The van der Waals surface area contributed by atoms with Crippen molar-refractivity contribution in [3.8, 4) is 0 Å².